The van der Waals surface area contributed by atoms with Crippen molar-refractivity contribution in [3.8, 4) is 0 Å². The maximum atomic E-state index is 12.6. The third kappa shape index (κ3) is 2.72. The second kappa shape index (κ2) is 5.36. The summed E-state index contributed by atoms with van der Waals surface area (Å²) in [5.74, 6) is 0.509. The monoisotopic (exact) mass is 253 g/mol. The normalized spacial score (nSPS) is 23.2. The quantitative estimate of drug-likeness (QED) is 0.744. The van der Waals surface area contributed by atoms with Gasteiger partial charge in [-0.15, -0.1) is 0 Å². The van der Waals surface area contributed by atoms with Crippen molar-refractivity contribution in [2.24, 2.45) is 0 Å². The van der Waals surface area contributed by atoms with Crippen molar-refractivity contribution in [1.29, 1.82) is 0 Å². The number of carbonyl (C=O) groups excluding carboxylic acids is 2. The summed E-state index contributed by atoms with van der Waals surface area (Å²) in [7, 11) is 0. The van der Waals surface area contributed by atoms with Gasteiger partial charge >= 0.3 is 0 Å². The lowest BCUT2D eigenvalue weighted by atomic mass is 9.96. The first-order valence-corrected chi connectivity index (χ1v) is 6.78. The Kier molecular flexibility index (Phi) is 4.02. The summed E-state index contributed by atoms with van der Waals surface area (Å²) in [4.78, 5) is 27.9. The van der Waals surface area contributed by atoms with Crippen molar-refractivity contribution in [3.63, 3.8) is 0 Å². The molecule has 1 amide bonds. The van der Waals surface area contributed by atoms with Gasteiger partial charge in [-0.25, -0.2) is 0 Å². The van der Waals surface area contributed by atoms with Gasteiger partial charge in [0.1, 0.15) is 5.78 Å². The molecule has 102 valence electrons. The minimum Gasteiger partial charge on any atom is -0.339 e. The van der Waals surface area contributed by atoms with E-state index in [4.69, 9.17) is 0 Å². The van der Waals surface area contributed by atoms with Crippen LogP contribution in [0.5, 0.6) is 0 Å². The summed E-state index contributed by atoms with van der Waals surface area (Å²) in [6, 6.07) is 0. The fourth-order valence-corrected chi connectivity index (χ4v) is 2.71. The molecule has 0 unspecified atom stereocenters. The van der Waals surface area contributed by atoms with Gasteiger partial charge in [0.2, 0.25) is 5.91 Å². The molecule has 5 heteroatoms. The summed E-state index contributed by atoms with van der Waals surface area (Å²) >= 11 is 0. The van der Waals surface area contributed by atoms with Crippen molar-refractivity contribution >= 4 is 11.7 Å². The Morgan fingerprint density at radius 3 is 2.22 bits per heavy atom. The van der Waals surface area contributed by atoms with Gasteiger partial charge in [-0.1, -0.05) is 0 Å². The van der Waals surface area contributed by atoms with Crippen LogP contribution in [0.15, 0.2) is 0 Å². The molecule has 0 aliphatic carbocycles. The van der Waals surface area contributed by atoms with Crippen LogP contribution in [0.4, 0.5) is 0 Å². The molecule has 0 saturated carbocycles. The van der Waals surface area contributed by atoms with Crippen LogP contribution in [0.1, 0.15) is 26.7 Å². The van der Waals surface area contributed by atoms with E-state index in [-0.39, 0.29) is 5.91 Å². The molecule has 2 aliphatic rings. The Labute approximate surface area is 108 Å². The lowest BCUT2D eigenvalue weighted by Crippen LogP contribution is -2.60. The topological polar surface area (TPSA) is 52.7 Å². The second-order valence-corrected chi connectivity index (χ2v) is 5.63. The van der Waals surface area contributed by atoms with Crippen molar-refractivity contribution in [1.82, 2.24) is 15.1 Å². The number of carbonyl (C=O) groups is 2. The number of piperidine rings is 1. The summed E-state index contributed by atoms with van der Waals surface area (Å²) in [6.45, 7) is 8.71. The molecule has 1 N–H and O–H groups in total. The van der Waals surface area contributed by atoms with Gasteiger partial charge in [-0.2, -0.15) is 0 Å². The van der Waals surface area contributed by atoms with Gasteiger partial charge in [0.15, 0.2) is 0 Å². The standard InChI is InChI=1S/C13H23N3O2/c1-13(2,16-7-3-11(17)4-8-16)12(18)15-9-5-14-6-10-15/h14H,3-10H2,1-2H3. The van der Waals surface area contributed by atoms with E-state index in [2.05, 4.69) is 10.2 Å². The van der Waals surface area contributed by atoms with Crippen LogP contribution in [0, 0.1) is 0 Å². The average Bonchev–Trinajstić information content (AvgIpc) is 2.39. The first kappa shape index (κ1) is 13.5. The molecule has 5 nitrogen and oxygen atoms in total. The molecule has 0 aromatic rings. The second-order valence-electron chi connectivity index (χ2n) is 5.63. The maximum absolute atomic E-state index is 12.6. The molecule has 2 aliphatic heterocycles. The van der Waals surface area contributed by atoms with Crippen molar-refractivity contribution in [3.05, 3.63) is 0 Å². The van der Waals surface area contributed by atoms with E-state index in [0.717, 1.165) is 26.2 Å². The number of hydrogen-bond donors (Lipinski definition) is 1. The van der Waals surface area contributed by atoms with Gasteiger partial charge < -0.3 is 10.2 Å². The van der Waals surface area contributed by atoms with E-state index in [0.29, 0.717) is 31.7 Å². The van der Waals surface area contributed by atoms with Gasteiger partial charge in [-0.3, -0.25) is 14.5 Å². The SMILES string of the molecule is CC(C)(C(=O)N1CCNCC1)N1CCC(=O)CC1. The van der Waals surface area contributed by atoms with E-state index in [1.807, 2.05) is 18.7 Å². The highest BCUT2D eigenvalue weighted by Gasteiger charge is 2.39. The van der Waals surface area contributed by atoms with Crippen LogP contribution in [0.2, 0.25) is 0 Å². The Hall–Kier alpha value is -0.940. The molecule has 2 saturated heterocycles. The highest BCUT2D eigenvalue weighted by Crippen LogP contribution is 2.22. The van der Waals surface area contributed by atoms with E-state index in [9.17, 15) is 9.59 Å². The minimum absolute atomic E-state index is 0.193. The van der Waals surface area contributed by atoms with Gasteiger partial charge in [0, 0.05) is 52.1 Å². The predicted octanol–water partition coefficient (Wildman–Crippen LogP) is -0.138. The average molecular weight is 253 g/mol. The molecule has 2 rings (SSSR count). The van der Waals surface area contributed by atoms with E-state index in [1.165, 1.54) is 0 Å². The predicted molar refractivity (Wildman–Crippen MR) is 69.3 cm³/mol. The zero-order valence-electron chi connectivity index (χ0n) is 11.4. The van der Waals surface area contributed by atoms with E-state index >= 15 is 0 Å². The number of ketones is 1. The number of Topliss-reactive ketones (excluding diaryl/α,β-unsaturated/α-hetero) is 1. The van der Waals surface area contributed by atoms with Crippen LogP contribution in [0.3, 0.4) is 0 Å². The zero-order chi connectivity index (χ0) is 13.2. The van der Waals surface area contributed by atoms with Gasteiger partial charge in [-0.05, 0) is 13.8 Å². The number of amides is 1. The molecule has 0 radical (unpaired) electrons. The number of rotatable bonds is 2. The molecule has 18 heavy (non-hydrogen) atoms. The smallest absolute Gasteiger partial charge is 0.242 e. The Morgan fingerprint density at radius 1 is 1.11 bits per heavy atom. The highest BCUT2D eigenvalue weighted by molar-refractivity contribution is 5.86. The first-order chi connectivity index (χ1) is 8.51. The van der Waals surface area contributed by atoms with Gasteiger partial charge in [0.25, 0.3) is 0 Å². The van der Waals surface area contributed by atoms with Crippen LogP contribution in [-0.4, -0.2) is 66.3 Å². The van der Waals surface area contributed by atoms with Crippen LogP contribution < -0.4 is 5.32 Å². The molecule has 0 aromatic heterocycles. The molecule has 0 atom stereocenters. The fraction of sp³-hybridized carbons (Fsp3) is 0.846. The molecule has 2 fully saturated rings. The number of hydrogen-bond acceptors (Lipinski definition) is 4. The zero-order valence-corrected chi connectivity index (χ0v) is 11.4. The number of nitrogens with one attached hydrogen (secondary N) is 1. The van der Waals surface area contributed by atoms with E-state index < -0.39 is 5.54 Å². The Morgan fingerprint density at radius 2 is 1.67 bits per heavy atom. The lowest BCUT2D eigenvalue weighted by Gasteiger charge is -2.43. The van der Waals surface area contributed by atoms with Crippen molar-refractivity contribution in [2.75, 3.05) is 39.3 Å². The number of piperazine rings is 1. The van der Waals surface area contributed by atoms with Crippen molar-refractivity contribution in [2.45, 2.75) is 32.2 Å². The third-order valence-electron chi connectivity index (χ3n) is 4.04. The summed E-state index contributed by atoms with van der Waals surface area (Å²) in [5.41, 5.74) is -0.488. The number of likely N-dealkylation sites (tertiary alicyclic amines) is 1. The minimum atomic E-state index is -0.488. The third-order valence-corrected chi connectivity index (χ3v) is 4.04. The summed E-state index contributed by atoms with van der Waals surface area (Å²) in [5, 5.41) is 3.25. The van der Waals surface area contributed by atoms with Gasteiger partial charge in [0.05, 0.1) is 5.54 Å². The molecular weight excluding hydrogens is 230 g/mol. The highest BCUT2D eigenvalue weighted by atomic mass is 16.2. The maximum Gasteiger partial charge on any atom is 0.242 e. The van der Waals surface area contributed by atoms with Crippen LogP contribution in [0.25, 0.3) is 0 Å². The molecule has 0 spiro atoms. The number of nitrogens with zero attached hydrogens (tertiary/aromatic N) is 2. The first-order valence-electron chi connectivity index (χ1n) is 6.78. The summed E-state index contributed by atoms with van der Waals surface area (Å²) in [6.07, 6.45) is 1.16. The molecule has 0 bridgehead atoms. The van der Waals surface area contributed by atoms with E-state index in [1.54, 1.807) is 0 Å². The largest absolute Gasteiger partial charge is 0.339 e. The molecular formula is C13H23N3O2. The van der Waals surface area contributed by atoms with Crippen molar-refractivity contribution < 1.29 is 9.59 Å². The summed E-state index contributed by atoms with van der Waals surface area (Å²) < 4.78 is 0. The van der Waals surface area contributed by atoms with Crippen LogP contribution >= 0.6 is 0 Å². The van der Waals surface area contributed by atoms with Crippen LogP contribution in [-0.2, 0) is 9.59 Å². The molecule has 2 heterocycles. The molecule has 0 aromatic carbocycles. The lowest BCUT2D eigenvalue weighted by molar-refractivity contribution is -0.145. The fourth-order valence-electron chi connectivity index (χ4n) is 2.71. The Balaban J connectivity index is 2.00. The Bertz CT molecular complexity index is 325.